The monoisotopic (exact) mass is 329 g/mol. The summed E-state index contributed by atoms with van der Waals surface area (Å²) in [6.07, 6.45) is 0. The number of nitrogens with one attached hydrogen (secondary N) is 1. The van der Waals surface area contributed by atoms with Crippen LogP contribution in [0.15, 0.2) is 34.8 Å². The number of hydrogen-bond donors (Lipinski definition) is 1. The van der Waals surface area contributed by atoms with Gasteiger partial charge < -0.3 is 5.32 Å². The molecule has 0 unspecified atom stereocenters. The van der Waals surface area contributed by atoms with Gasteiger partial charge in [-0.15, -0.1) is 0 Å². The van der Waals surface area contributed by atoms with Crippen LogP contribution in [0.1, 0.15) is 11.1 Å². The van der Waals surface area contributed by atoms with Crippen molar-refractivity contribution in [2.75, 3.05) is 5.32 Å². The molecular formula is C14H11BrF3N. The van der Waals surface area contributed by atoms with E-state index in [0.717, 1.165) is 21.7 Å². The minimum atomic E-state index is -1.20. The van der Waals surface area contributed by atoms with Crippen molar-refractivity contribution in [2.45, 2.75) is 13.5 Å². The fourth-order valence-electron chi connectivity index (χ4n) is 1.70. The van der Waals surface area contributed by atoms with Crippen molar-refractivity contribution >= 4 is 21.6 Å². The van der Waals surface area contributed by atoms with E-state index >= 15 is 0 Å². The molecule has 19 heavy (non-hydrogen) atoms. The molecule has 0 fully saturated rings. The third-order valence-electron chi connectivity index (χ3n) is 2.70. The Bertz CT molecular complexity index is 614. The standard InChI is InChI=1S/C14H11BrF3N/c1-8-4-9(2-3-11(8)15)7-19-13-6-10(16)5-12(17)14(13)18/h2-6,19H,7H2,1H3. The Balaban J connectivity index is 2.16. The Hall–Kier alpha value is -1.49. The van der Waals surface area contributed by atoms with Gasteiger partial charge >= 0.3 is 0 Å². The maximum absolute atomic E-state index is 13.4. The van der Waals surface area contributed by atoms with Crippen LogP contribution in [0.5, 0.6) is 0 Å². The third kappa shape index (κ3) is 3.29. The molecule has 0 spiro atoms. The van der Waals surface area contributed by atoms with Gasteiger partial charge in [0.25, 0.3) is 0 Å². The number of anilines is 1. The maximum Gasteiger partial charge on any atom is 0.182 e. The van der Waals surface area contributed by atoms with E-state index in [-0.39, 0.29) is 12.2 Å². The van der Waals surface area contributed by atoms with Crippen molar-refractivity contribution in [1.29, 1.82) is 0 Å². The van der Waals surface area contributed by atoms with E-state index in [1.165, 1.54) is 0 Å². The van der Waals surface area contributed by atoms with Crippen molar-refractivity contribution in [3.05, 3.63) is 63.4 Å². The molecule has 0 aromatic heterocycles. The molecule has 1 N–H and O–H groups in total. The number of hydrogen-bond acceptors (Lipinski definition) is 1. The normalized spacial score (nSPS) is 10.6. The van der Waals surface area contributed by atoms with Crippen molar-refractivity contribution < 1.29 is 13.2 Å². The lowest BCUT2D eigenvalue weighted by atomic mass is 10.1. The molecule has 0 aliphatic heterocycles. The number of aryl methyl sites for hydroxylation is 1. The molecule has 1 nitrogen and oxygen atoms in total. The van der Waals surface area contributed by atoms with E-state index in [2.05, 4.69) is 21.2 Å². The molecule has 0 saturated carbocycles. The molecule has 2 rings (SSSR count). The fourth-order valence-corrected chi connectivity index (χ4v) is 1.95. The molecule has 2 aromatic carbocycles. The third-order valence-corrected chi connectivity index (χ3v) is 3.59. The molecule has 0 atom stereocenters. The van der Waals surface area contributed by atoms with Crippen LogP contribution >= 0.6 is 15.9 Å². The Kier molecular flexibility index (Phi) is 4.14. The second-order valence-electron chi connectivity index (χ2n) is 4.19. The van der Waals surface area contributed by atoms with E-state index in [0.29, 0.717) is 6.07 Å². The second kappa shape index (κ2) is 5.65. The highest BCUT2D eigenvalue weighted by molar-refractivity contribution is 9.10. The number of benzene rings is 2. The van der Waals surface area contributed by atoms with Crippen molar-refractivity contribution in [3.8, 4) is 0 Å². The van der Waals surface area contributed by atoms with Gasteiger partial charge in [0.05, 0.1) is 5.69 Å². The highest BCUT2D eigenvalue weighted by Crippen LogP contribution is 2.21. The number of halogens is 4. The zero-order valence-electron chi connectivity index (χ0n) is 10.1. The molecule has 0 saturated heterocycles. The highest BCUT2D eigenvalue weighted by atomic mass is 79.9. The van der Waals surface area contributed by atoms with Crippen LogP contribution in [0.3, 0.4) is 0 Å². The highest BCUT2D eigenvalue weighted by Gasteiger charge is 2.10. The van der Waals surface area contributed by atoms with Gasteiger partial charge in [-0.1, -0.05) is 28.1 Å². The Morgan fingerprint density at radius 3 is 2.53 bits per heavy atom. The quantitative estimate of drug-likeness (QED) is 0.798. The molecule has 0 aliphatic rings. The summed E-state index contributed by atoms with van der Waals surface area (Å²) in [4.78, 5) is 0. The number of rotatable bonds is 3. The first-order chi connectivity index (χ1) is 8.97. The summed E-state index contributed by atoms with van der Waals surface area (Å²) in [5.74, 6) is -3.09. The second-order valence-corrected chi connectivity index (χ2v) is 5.04. The molecule has 0 bridgehead atoms. The lowest BCUT2D eigenvalue weighted by Crippen LogP contribution is -2.04. The van der Waals surface area contributed by atoms with Gasteiger partial charge in [0.15, 0.2) is 11.6 Å². The summed E-state index contributed by atoms with van der Waals surface area (Å²) >= 11 is 3.38. The molecule has 100 valence electrons. The van der Waals surface area contributed by atoms with Crippen LogP contribution in [0.25, 0.3) is 0 Å². The first-order valence-electron chi connectivity index (χ1n) is 5.61. The minimum absolute atomic E-state index is 0.182. The molecular weight excluding hydrogens is 319 g/mol. The van der Waals surface area contributed by atoms with E-state index < -0.39 is 17.5 Å². The molecule has 2 aromatic rings. The Morgan fingerprint density at radius 1 is 1.11 bits per heavy atom. The van der Waals surface area contributed by atoms with E-state index in [1.807, 2.05) is 25.1 Å². The van der Waals surface area contributed by atoms with Crippen LogP contribution in [0.4, 0.5) is 18.9 Å². The first-order valence-corrected chi connectivity index (χ1v) is 6.40. The molecule has 0 aliphatic carbocycles. The van der Waals surface area contributed by atoms with E-state index in [1.54, 1.807) is 0 Å². The predicted molar refractivity (Wildman–Crippen MR) is 72.5 cm³/mol. The van der Waals surface area contributed by atoms with Gasteiger partial charge in [-0.25, -0.2) is 13.2 Å². The molecule has 0 heterocycles. The minimum Gasteiger partial charge on any atom is -0.378 e. The largest absolute Gasteiger partial charge is 0.378 e. The summed E-state index contributed by atoms with van der Waals surface area (Å²) in [6.45, 7) is 2.21. The summed E-state index contributed by atoms with van der Waals surface area (Å²) in [5.41, 5.74) is 1.74. The predicted octanol–water partition coefficient (Wildman–Crippen LogP) is 4.79. The van der Waals surface area contributed by atoms with Gasteiger partial charge in [-0.05, 0) is 24.1 Å². The van der Waals surface area contributed by atoms with Crippen LogP contribution in [0, 0.1) is 24.4 Å². The topological polar surface area (TPSA) is 12.0 Å². The summed E-state index contributed by atoms with van der Waals surface area (Å²) in [7, 11) is 0. The summed E-state index contributed by atoms with van der Waals surface area (Å²) < 4.78 is 40.4. The van der Waals surface area contributed by atoms with Crippen LogP contribution in [-0.2, 0) is 6.54 Å². The van der Waals surface area contributed by atoms with Crippen molar-refractivity contribution in [3.63, 3.8) is 0 Å². The van der Waals surface area contributed by atoms with Gasteiger partial charge in [0.1, 0.15) is 5.82 Å². The zero-order chi connectivity index (χ0) is 14.0. The van der Waals surface area contributed by atoms with Crippen LogP contribution in [0.2, 0.25) is 0 Å². The van der Waals surface area contributed by atoms with Crippen LogP contribution in [-0.4, -0.2) is 0 Å². The van der Waals surface area contributed by atoms with Gasteiger partial charge in [0, 0.05) is 23.2 Å². The first kappa shape index (κ1) is 13.9. The van der Waals surface area contributed by atoms with Crippen molar-refractivity contribution in [1.82, 2.24) is 0 Å². The molecule has 5 heteroatoms. The van der Waals surface area contributed by atoms with Gasteiger partial charge in [-0.3, -0.25) is 0 Å². The average molecular weight is 330 g/mol. The van der Waals surface area contributed by atoms with Crippen molar-refractivity contribution in [2.24, 2.45) is 0 Å². The zero-order valence-corrected chi connectivity index (χ0v) is 11.7. The maximum atomic E-state index is 13.4. The summed E-state index contributed by atoms with van der Waals surface area (Å²) in [6, 6.07) is 7.07. The Labute approximate surface area is 117 Å². The van der Waals surface area contributed by atoms with Crippen LogP contribution < -0.4 is 5.32 Å². The SMILES string of the molecule is Cc1cc(CNc2cc(F)cc(F)c2F)ccc1Br. The van der Waals surface area contributed by atoms with Gasteiger partial charge in [-0.2, -0.15) is 0 Å². The summed E-state index contributed by atoms with van der Waals surface area (Å²) in [5, 5.41) is 2.69. The lowest BCUT2D eigenvalue weighted by Gasteiger charge is -2.09. The average Bonchev–Trinajstić information content (AvgIpc) is 2.36. The Morgan fingerprint density at radius 2 is 1.84 bits per heavy atom. The molecule has 0 amide bonds. The smallest absolute Gasteiger partial charge is 0.182 e. The fraction of sp³-hybridized carbons (Fsp3) is 0.143. The lowest BCUT2D eigenvalue weighted by molar-refractivity contribution is 0.497. The molecule has 0 radical (unpaired) electrons. The van der Waals surface area contributed by atoms with Gasteiger partial charge in [0.2, 0.25) is 0 Å². The van der Waals surface area contributed by atoms with E-state index in [9.17, 15) is 13.2 Å². The van der Waals surface area contributed by atoms with E-state index in [4.69, 9.17) is 0 Å².